The van der Waals surface area contributed by atoms with Crippen molar-refractivity contribution in [3.05, 3.63) is 77.1 Å². The fourth-order valence-corrected chi connectivity index (χ4v) is 2.75. The molecule has 4 nitrogen and oxygen atoms in total. The Hall–Kier alpha value is -2.80. The average molecular weight is 380 g/mol. The average Bonchev–Trinajstić information content (AvgIpc) is 2.92. The molecule has 0 aliphatic rings. The van der Waals surface area contributed by atoms with Gasteiger partial charge in [0.1, 0.15) is 10.7 Å². The van der Waals surface area contributed by atoms with Crippen LogP contribution in [0.25, 0.3) is 0 Å². The molecule has 1 amide bonds. The highest BCUT2D eigenvalue weighted by Gasteiger charge is 2.42. The van der Waals surface area contributed by atoms with E-state index >= 15 is 0 Å². The summed E-state index contributed by atoms with van der Waals surface area (Å²) in [4.78, 5) is 14.3. The molecule has 8 heteroatoms. The second-order valence-electron chi connectivity index (χ2n) is 5.45. The van der Waals surface area contributed by atoms with Gasteiger partial charge in [-0.3, -0.25) is 14.4 Å². The molecule has 0 saturated carbocycles. The monoisotopic (exact) mass is 379 g/mol. The first kappa shape index (κ1) is 18.0. The Morgan fingerprint density at radius 3 is 1.88 bits per heavy atom. The maximum Gasteiger partial charge on any atom is 0.436 e. The third-order valence-corrected chi connectivity index (χ3v) is 4.13. The normalized spacial score (nSPS) is 11.4. The molecule has 0 bridgehead atoms. The molecular formula is C18H13ClF3N3O. The highest BCUT2D eigenvalue weighted by Crippen LogP contribution is 2.37. The summed E-state index contributed by atoms with van der Waals surface area (Å²) in [5.74, 6) is -0.909. The summed E-state index contributed by atoms with van der Waals surface area (Å²) in [6, 6.07) is 16.8. The number of rotatable bonds is 3. The molecule has 1 heterocycles. The smallest absolute Gasteiger partial charge is 0.277 e. The quantitative estimate of drug-likeness (QED) is 0.637. The minimum Gasteiger partial charge on any atom is -0.277 e. The zero-order valence-corrected chi connectivity index (χ0v) is 14.3. The van der Waals surface area contributed by atoms with Gasteiger partial charge in [-0.05, 0) is 24.3 Å². The van der Waals surface area contributed by atoms with Crippen LogP contribution >= 0.6 is 11.6 Å². The van der Waals surface area contributed by atoms with E-state index in [9.17, 15) is 18.0 Å². The van der Waals surface area contributed by atoms with Gasteiger partial charge in [-0.15, -0.1) is 0 Å². The lowest BCUT2D eigenvalue weighted by molar-refractivity contribution is -0.141. The number of halogens is 4. The number of alkyl halides is 3. The number of carbonyl (C=O) groups excluding carboxylic acids is 1. The van der Waals surface area contributed by atoms with Crippen molar-refractivity contribution in [3.63, 3.8) is 0 Å². The van der Waals surface area contributed by atoms with Crippen LogP contribution in [0.3, 0.4) is 0 Å². The summed E-state index contributed by atoms with van der Waals surface area (Å²) in [6.45, 7) is 0. The van der Waals surface area contributed by atoms with Crippen LogP contribution in [0.2, 0.25) is 5.15 Å². The number of aromatic nitrogens is 2. The summed E-state index contributed by atoms with van der Waals surface area (Å²) in [7, 11) is 1.25. The standard InChI is InChI=1S/C18H13ClF3N3O/c1-24-16(19)14(15(23-24)18(20,21)22)17(26)25(12-8-4-2-5-9-12)13-10-6-3-7-11-13/h2-11H,1H3. The van der Waals surface area contributed by atoms with E-state index in [-0.39, 0.29) is 5.15 Å². The van der Waals surface area contributed by atoms with E-state index in [0.717, 1.165) is 4.68 Å². The molecule has 3 aromatic rings. The first-order chi connectivity index (χ1) is 12.3. The summed E-state index contributed by atoms with van der Waals surface area (Å²) in [6.07, 6.45) is -4.81. The number of carbonyl (C=O) groups is 1. The molecule has 0 atom stereocenters. The van der Waals surface area contributed by atoms with E-state index in [1.165, 1.54) is 11.9 Å². The lowest BCUT2D eigenvalue weighted by atomic mass is 10.1. The van der Waals surface area contributed by atoms with Crippen molar-refractivity contribution in [3.8, 4) is 0 Å². The Morgan fingerprint density at radius 1 is 1.00 bits per heavy atom. The third kappa shape index (κ3) is 3.30. The summed E-state index contributed by atoms with van der Waals surface area (Å²) < 4.78 is 40.9. The SMILES string of the molecule is Cn1nc(C(F)(F)F)c(C(=O)N(c2ccccc2)c2ccccc2)c1Cl. The molecule has 0 spiro atoms. The maximum absolute atomic E-state index is 13.4. The molecule has 0 radical (unpaired) electrons. The molecule has 0 aliphatic heterocycles. The molecule has 26 heavy (non-hydrogen) atoms. The summed E-state index contributed by atoms with van der Waals surface area (Å²) >= 11 is 5.99. The van der Waals surface area contributed by atoms with Crippen LogP contribution in [-0.4, -0.2) is 15.7 Å². The van der Waals surface area contributed by atoms with Crippen molar-refractivity contribution >= 4 is 28.9 Å². The fourth-order valence-electron chi connectivity index (χ4n) is 2.54. The molecule has 0 aliphatic carbocycles. The van der Waals surface area contributed by atoms with Crippen LogP contribution in [0, 0.1) is 0 Å². The predicted molar refractivity (Wildman–Crippen MR) is 92.6 cm³/mol. The molecule has 0 unspecified atom stereocenters. The number of para-hydroxylation sites is 2. The van der Waals surface area contributed by atoms with E-state index in [1.54, 1.807) is 60.7 Å². The van der Waals surface area contributed by atoms with Crippen molar-refractivity contribution in [1.82, 2.24) is 9.78 Å². The maximum atomic E-state index is 13.4. The Bertz CT molecular complexity index is 885. The van der Waals surface area contributed by atoms with E-state index in [1.807, 2.05) is 0 Å². The van der Waals surface area contributed by atoms with E-state index in [2.05, 4.69) is 5.10 Å². The van der Waals surface area contributed by atoms with Gasteiger partial charge >= 0.3 is 6.18 Å². The molecule has 0 N–H and O–H groups in total. The van der Waals surface area contributed by atoms with Crippen molar-refractivity contribution in [1.29, 1.82) is 0 Å². The van der Waals surface area contributed by atoms with Gasteiger partial charge in [-0.2, -0.15) is 18.3 Å². The molecule has 1 aromatic heterocycles. The van der Waals surface area contributed by atoms with E-state index in [4.69, 9.17) is 11.6 Å². The molecule has 134 valence electrons. The van der Waals surface area contributed by atoms with Gasteiger partial charge in [0.15, 0.2) is 5.69 Å². The van der Waals surface area contributed by atoms with Crippen molar-refractivity contribution in [2.75, 3.05) is 4.90 Å². The van der Waals surface area contributed by atoms with Gasteiger partial charge in [-0.1, -0.05) is 48.0 Å². The van der Waals surface area contributed by atoms with Crippen LogP contribution < -0.4 is 4.90 Å². The Kier molecular flexibility index (Phi) is 4.73. The van der Waals surface area contributed by atoms with Gasteiger partial charge in [0, 0.05) is 18.4 Å². The number of aryl methyl sites for hydroxylation is 1. The summed E-state index contributed by atoms with van der Waals surface area (Å²) in [5, 5.41) is 3.01. The van der Waals surface area contributed by atoms with Gasteiger partial charge in [-0.25, -0.2) is 0 Å². The van der Waals surface area contributed by atoms with Gasteiger partial charge in [0.2, 0.25) is 0 Å². The molecule has 0 fully saturated rings. The van der Waals surface area contributed by atoms with Gasteiger partial charge in [0.25, 0.3) is 5.91 Å². The first-order valence-corrected chi connectivity index (χ1v) is 7.92. The highest BCUT2D eigenvalue weighted by molar-refractivity contribution is 6.34. The largest absolute Gasteiger partial charge is 0.436 e. The number of anilines is 2. The van der Waals surface area contributed by atoms with Crippen LogP contribution in [0.15, 0.2) is 60.7 Å². The predicted octanol–water partition coefficient (Wildman–Crippen LogP) is 5.07. The van der Waals surface area contributed by atoms with Gasteiger partial charge < -0.3 is 0 Å². The first-order valence-electron chi connectivity index (χ1n) is 7.55. The number of hydrogen-bond acceptors (Lipinski definition) is 2. The van der Waals surface area contributed by atoms with E-state index < -0.39 is 23.3 Å². The lowest BCUT2D eigenvalue weighted by Gasteiger charge is -2.23. The van der Waals surface area contributed by atoms with Crippen molar-refractivity contribution in [2.24, 2.45) is 7.05 Å². The minimum absolute atomic E-state index is 0.376. The summed E-state index contributed by atoms with van der Waals surface area (Å²) in [5.41, 5.74) is -1.17. The van der Waals surface area contributed by atoms with Crippen molar-refractivity contribution in [2.45, 2.75) is 6.18 Å². The van der Waals surface area contributed by atoms with Crippen LogP contribution in [-0.2, 0) is 13.2 Å². The van der Waals surface area contributed by atoms with Crippen LogP contribution in [0.1, 0.15) is 16.1 Å². The zero-order chi connectivity index (χ0) is 18.9. The zero-order valence-electron chi connectivity index (χ0n) is 13.5. The lowest BCUT2D eigenvalue weighted by Crippen LogP contribution is -2.28. The molecular weight excluding hydrogens is 367 g/mol. The third-order valence-electron chi connectivity index (χ3n) is 3.69. The van der Waals surface area contributed by atoms with Crippen LogP contribution in [0.4, 0.5) is 24.5 Å². The molecule has 3 rings (SSSR count). The number of amides is 1. The van der Waals surface area contributed by atoms with Crippen molar-refractivity contribution < 1.29 is 18.0 Å². The molecule has 0 saturated heterocycles. The second-order valence-corrected chi connectivity index (χ2v) is 5.81. The van der Waals surface area contributed by atoms with E-state index in [0.29, 0.717) is 11.4 Å². The Labute approximate surface area is 152 Å². The topological polar surface area (TPSA) is 38.1 Å². The minimum atomic E-state index is -4.81. The number of nitrogens with zero attached hydrogens (tertiary/aromatic N) is 3. The fraction of sp³-hybridized carbons (Fsp3) is 0.111. The van der Waals surface area contributed by atoms with Gasteiger partial charge in [0.05, 0.1) is 0 Å². The Morgan fingerprint density at radius 2 is 1.46 bits per heavy atom. The number of hydrogen-bond donors (Lipinski definition) is 0. The molecule has 2 aromatic carbocycles. The second kappa shape index (κ2) is 6.84. The highest BCUT2D eigenvalue weighted by atomic mass is 35.5. The number of benzene rings is 2. The van der Waals surface area contributed by atoms with Crippen LogP contribution in [0.5, 0.6) is 0 Å². The Balaban J connectivity index is 2.20.